The van der Waals surface area contributed by atoms with Gasteiger partial charge in [0.05, 0.1) is 31.9 Å². The number of benzene rings is 2. The van der Waals surface area contributed by atoms with Crippen LogP contribution in [0.4, 0.5) is 5.69 Å². The lowest BCUT2D eigenvalue weighted by atomic mass is 10.2. The van der Waals surface area contributed by atoms with Crippen molar-refractivity contribution in [3.05, 3.63) is 42.0 Å². The van der Waals surface area contributed by atoms with Crippen LogP contribution >= 0.6 is 0 Å². The summed E-state index contributed by atoms with van der Waals surface area (Å²) >= 11 is 0. The Hall–Kier alpha value is -2.78. The summed E-state index contributed by atoms with van der Waals surface area (Å²) in [6.07, 6.45) is 0. The fraction of sp³-hybridized carbons (Fsp3) is 0.350. The molecular formula is C20H26N2O6S. The smallest absolute Gasteiger partial charge is 0.243 e. The molecule has 2 aromatic rings. The van der Waals surface area contributed by atoms with Gasteiger partial charge in [0.1, 0.15) is 5.75 Å². The molecule has 8 nitrogen and oxygen atoms in total. The zero-order valence-electron chi connectivity index (χ0n) is 17.2. The predicted octanol–water partition coefficient (Wildman–Crippen LogP) is 2.88. The van der Waals surface area contributed by atoms with Crippen LogP contribution in [0.15, 0.2) is 41.3 Å². The van der Waals surface area contributed by atoms with Crippen LogP contribution in [0.25, 0.3) is 0 Å². The zero-order chi connectivity index (χ0) is 21.6. The molecule has 0 atom stereocenters. The van der Waals surface area contributed by atoms with Crippen LogP contribution in [0.2, 0.25) is 0 Å². The number of rotatable bonds is 9. The molecule has 0 fully saturated rings. The number of anilines is 1. The van der Waals surface area contributed by atoms with Crippen LogP contribution < -0.4 is 19.5 Å². The summed E-state index contributed by atoms with van der Waals surface area (Å²) in [6.45, 7) is 3.52. The second kappa shape index (κ2) is 9.62. The van der Waals surface area contributed by atoms with E-state index in [2.05, 4.69) is 5.32 Å². The molecule has 0 saturated carbocycles. The third-order valence-corrected chi connectivity index (χ3v) is 6.20. The first kappa shape index (κ1) is 22.5. The number of carbonyl (C=O) groups excluding carboxylic acids is 1. The highest BCUT2D eigenvalue weighted by Gasteiger charge is 2.25. The van der Waals surface area contributed by atoms with Gasteiger partial charge in [0.2, 0.25) is 15.9 Å². The van der Waals surface area contributed by atoms with E-state index in [-0.39, 0.29) is 23.9 Å². The highest BCUT2D eigenvalue weighted by Crippen LogP contribution is 2.31. The molecule has 0 heterocycles. The van der Waals surface area contributed by atoms with Gasteiger partial charge in [0.25, 0.3) is 0 Å². The number of methoxy groups -OCH3 is 3. The summed E-state index contributed by atoms with van der Waals surface area (Å²) in [4.78, 5) is 11.5. The molecule has 0 aliphatic carbocycles. The minimum Gasteiger partial charge on any atom is -0.495 e. The van der Waals surface area contributed by atoms with Gasteiger partial charge < -0.3 is 19.5 Å². The standard InChI is InChI=1S/C20H26N2O6S/c1-6-22(13-15-7-9-19(27-4)20(11-15)28-5)29(24,25)16-8-10-18(26-3)17(12-16)21-14(2)23/h7-12H,6,13H2,1-5H3,(H,21,23). The van der Waals surface area contributed by atoms with Crippen molar-refractivity contribution in [2.24, 2.45) is 0 Å². The fourth-order valence-electron chi connectivity index (χ4n) is 2.83. The molecule has 1 N–H and O–H groups in total. The van der Waals surface area contributed by atoms with Gasteiger partial charge in [0.15, 0.2) is 11.5 Å². The number of amides is 1. The van der Waals surface area contributed by atoms with Gasteiger partial charge in [-0.2, -0.15) is 4.31 Å². The van der Waals surface area contributed by atoms with Gasteiger partial charge in [-0.05, 0) is 35.9 Å². The van der Waals surface area contributed by atoms with E-state index in [1.807, 2.05) is 0 Å². The van der Waals surface area contributed by atoms with Crippen LogP contribution in [-0.2, 0) is 21.4 Å². The largest absolute Gasteiger partial charge is 0.495 e. The molecule has 158 valence electrons. The van der Waals surface area contributed by atoms with Crippen LogP contribution in [0.1, 0.15) is 19.4 Å². The lowest BCUT2D eigenvalue weighted by Crippen LogP contribution is -2.30. The maximum atomic E-state index is 13.2. The van der Waals surface area contributed by atoms with Crippen molar-refractivity contribution in [1.29, 1.82) is 0 Å². The third-order valence-electron chi connectivity index (χ3n) is 4.28. The van der Waals surface area contributed by atoms with Gasteiger partial charge in [-0.15, -0.1) is 0 Å². The summed E-state index contributed by atoms with van der Waals surface area (Å²) in [5.74, 6) is 1.14. The third kappa shape index (κ3) is 5.18. The molecular weight excluding hydrogens is 396 g/mol. The van der Waals surface area contributed by atoms with E-state index in [4.69, 9.17) is 14.2 Å². The number of nitrogens with one attached hydrogen (secondary N) is 1. The number of nitrogens with zero attached hydrogens (tertiary/aromatic N) is 1. The van der Waals surface area contributed by atoms with Crippen LogP contribution in [0, 0.1) is 0 Å². The Labute approximate surface area is 171 Å². The Kier molecular flexibility index (Phi) is 7.46. The second-order valence-corrected chi connectivity index (χ2v) is 8.10. The SMILES string of the molecule is CCN(Cc1ccc(OC)c(OC)c1)S(=O)(=O)c1ccc(OC)c(NC(C)=O)c1. The summed E-state index contributed by atoms with van der Waals surface area (Å²) in [6, 6.07) is 9.63. The van der Waals surface area contributed by atoms with Crippen molar-refractivity contribution >= 4 is 21.6 Å². The molecule has 9 heteroatoms. The Bertz CT molecular complexity index is 975. The lowest BCUT2D eigenvalue weighted by molar-refractivity contribution is -0.114. The topological polar surface area (TPSA) is 94.2 Å². The second-order valence-electron chi connectivity index (χ2n) is 6.16. The van der Waals surface area contributed by atoms with Crippen molar-refractivity contribution in [3.8, 4) is 17.2 Å². The molecule has 2 aromatic carbocycles. The van der Waals surface area contributed by atoms with E-state index in [1.54, 1.807) is 25.1 Å². The van der Waals surface area contributed by atoms with Gasteiger partial charge in [0, 0.05) is 20.0 Å². The summed E-state index contributed by atoms with van der Waals surface area (Å²) < 4.78 is 43.5. The fourth-order valence-corrected chi connectivity index (χ4v) is 4.30. The molecule has 29 heavy (non-hydrogen) atoms. The van der Waals surface area contributed by atoms with Crippen LogP contribution in [0.3, 0.4) is 0 Å². The van der Waals surface area contributed by atoms with Gasteiger partial charge >= 0.3 is 0 Å². The molecule has 0 aliphatic rings. The highest BCUT2D eigenvalue weighted by atomic mass is 32.2. The zero-order valence-corrected chi connectivity index (χ0v) is 18.0. The number of hydrogen-bond donors (Lipinski definition) is 1. The molecule has 1 amide bonds. The number of sulfonamides is 1. The molecule has 2 rings (SSSR count). The monoisotopic (exact) mass is 422 g/mol. The Balaban J connectivity index is 2.38. The van der Waals surface area contributed by atoms with Crippen molar-refractivity contribution in [3.63, 3.8) is 0 Å². The molecule has 0 aliphatic heterocycles. The average molecular weight is 423 g/mol. The quantitative estimate of drug-likeness (QED) is 0.668. The number of hydrogen-bond acceptors (Lipinski definition) is 6. The molecule has 0 bridgehead atoms. The first-order valence-corrected chi connectivity index (χ1v) is 10.4. The summed E-state index contributed by atoms with van der Waals surface area (Å²) in [5, 5.41) is 2.59. The maximum Gasteiger partial charge on any atom is 0.243 e. The van der Waals surface area contributed by atoms with E-state index in [0.717, 1.165) is 5.56 Å². The van der Waals surface area contributed by atoms with E-state index in [0.29, 0.717) is 22.9 Å². The first-order valence-electron chi connectivity index (χ1n) is 8.93. The number of ether oxygens (including phenoxy) is 3. The minimum atomic E-state index is -3.81. The van der Waals surface area contributed by atoms with E-state index in [9.17, 15) is 13.2 Å². The van der Waals surface area contributed by atoms with Crippen molar-refractivity contribution in [2.75, 3.05) is 33.2 Å². The van der Waals surface area contributed by atoms with Gasteiger partial charge in [-0.3, -0.25) is 4.79 Å². The van der Waals surface area contributed by atoms with Gasteiger partial charge in [-0.1, -0.05) is 13.0 Å². The van der Waals surface area contributed by atoms with Crippen molar-refractivity contribution in [1.82, 2.24) is 4.31 Å². The molecule has 0 spiro atoms. The van der Waals surface area contributed by atoms with Crippen LogP contribution in [-0.4, -0.2) is 46.5 Å². The average Bonchev–Trinajstić information content (AvgIpc) is 2.71. The number of carbonyl (C=O) groups is 1. The van der Waals surface area contributed by atoms with Gasteiger partial charge in [-0.25, -0.2) is 8.42 Å². The predicted molar refractivity (Wildman–Crippen MR) is 110 cm³/mol. The van der Waals surface area contributed by atoms with E-state index < -0.39 is 10.0 Å². The molecule has 0 aromatic heterocycles. The maximum absolute atomic E-state index is 13.2. The van der Waals surface area contributed by atoms with E-state index in [1.165, 1.54) is 50.8 Å². The van der Waals surface area contributed by atoms with Crippen molar-refractivity contribution in [2.45, 2.75) is 25.3 Å². The minimum absolute atomic E-state index is 0.0596. The molecule has 0 radical (unpaired) electrons. The lowest BCUT2D eigenvalue weighted by Gasteiger charge is -2.22. The molecule has 0 unspecified atom stereocenters. The van der Waals surface area contributed by atoms with Crippen molar-refractivity contribution < 1.29 is 27.4 Å². The molecule has 0 saturated heterocycles. The van der Waals surface area contributed by atoms with E-state index >= 15 is 0 Å². The first-order chi connectivity index (χ1) is 13.8. The van der Waals surface area contributed by atoms with Crippen LogP contribution in [0.5, 0.6) is 17.2 Å². The summed E-state index contributed by atoms with van der Waals surface area (Å²) in [7, 11) is 0.698. The summed E-state index contributed by atoms with van der Waals surface area (Å²) in [5.41, 5.74) is 1.05. The Morgan fingerprint density at radius 1 is 0.966 bits per heavy atom. The Morgan fingerprint density at radius 3 is 2.14 bits per heavy atom. The normalized spacial score (nSPS) is 11.2. The Morgan fingerprint density at radius 2 is 1.59 bits per heavy atom. The highest BCUT2D eigenvalue weighted by molar-refractivity contribution is 7.89.